The topological polar surface area (TPSA) is 49.4 Å². The molecule has 1 aliphatic rings. The summed E-state index contributed by atoms with van der Waals surface area (Å²) in [5.74, 6) is -0.579. The van der Waals surface area contributed by atoms with Gasteiger partial charge >= 0.3 is 0 Å². The molecule has 0 saturated heterocycles. The first-order valence-corrected chi connectivity index (χ1v) is 10.4. The zero-order valence-electron chi connectivity index (χ0n) is 18.3. The maximum Gasteiger partial charge on any atom is 0.278 e. The summed E-state index contributed by atoms with van der Waals surface area (Å²) in [6.07, 6.45) is 0. The average molecular weight is 411 g/mol. The van der Waals surface area contributed by atoms with Crippen molar-refractivity contribution >= 4 is 23.1 Å². The maximum absolute atomic E-state index is 13.5. The number of amides is 2. The van der Waals surface area contributed by atoms with E-state index in [-0.39, 0.29) is 18.4 Å². The van der Waals surface area contributed by atoms with Gasteiger partial charge in [0.25, 0.3) is 11.8 Å². The van der Waals surface area contributed by atoms with Gasteiger partial charge in [-0.2, -0.15) is 0 Å². The van der Waals surface area contributed by atoms with Crippen LogP contribution >= 0.6 is 0 Å². The number of nitrogens with zero attached hydrogens (tertiary/aromatic N) is 1. The van der Waals surface area contributed by atoms with Crippen molar-refractivity contribution in [3.63, 3.8) is 0 Å². The molecule has 0 bridgehead atoms. The molecule has 0 spiro atoms. The molecule has 0 fully saturated rings. The monoisotopic (exact) mass is 410 g/mol. The van der Waals surface area contributed by atoms with E-state index in [9.17, 15) is 9.59 Å². The predicted octanol–water partition coefficient (Wildman–Crippen LogP) is 5.31. The normalized spacial score (nSPS) is 13.9. The third-order valence-corrected chi connectivity index (χ3v) is 5.71. The molecule has 0 saturated carbocycles. The molecular weight excluding hydrogens is 384 g/mol. The van der Waals surface area contributed by atoms with Crippen molar-refractivity contribution in [3.05, 3.63) is 106 Å². The summed E-state index contributed by atoms with van der Waals surface area (Å²) < 4.78 is 0. The van der Waals surface area contributed by atoms with Gasteiger partial charge < -0.3 is 5.32 Å². The van der Waals surface area contributed by atoms with Crippen molar-refractivity contribution in [1.29, 1.82) is 0 Å². The number of anilines is 1. The number of hydrogen-bond acceptors (Lipinski definition) is 3. The van der Waals surface area contributed by atoms with Crippen LogP contribution in [0.4, 0.5) is 5.69 Å². The van der Waals surface area contributed by atoms with Crippen LogP contribution in [-0.4, -0.2) is 16.7 Å². The lowest BCUT2D eigenvalue weighted by Crippen LogP contribution is -2.32. The van der Waals surface area contributed by atoms with Gasteiger partial charge in [-0.25, -0.2) is 0 Å². The van der Waals surface area contributed by atoms with Crippen molar-refractivity contribution in [2.75, 3.05) is 5.32 Å². The lowest BCUT2D eigenvalue weighted by molar-refractivity contribution is -0.137. The molecule has 0 unspecified atom stereocenters. The van der Waals surface area contributed by atoms with Crippen LogP contribution in [0.25, 0.3) is 5.57 Å². The van der Waals surface area contributed by atoms with Gasteiger partial charge in [0.15, 0.2) is 0 Å². The molecule has 4 rings (SSSR count). The number of carbonyl (C=O) groups excluding carboxylic acids is 2. The van der Waals surface area contributed by atoms with E-state index in [2.05, 4.69) is 5.32 Å². The van der Waals surface area contributed by atoms with E-state index in [1.807, 2.05) is 94.4 Å². The highest BCUT2D eigenvalue weighted by Gasteiger charge is 2.39. The second-order valence-electron chi connectivity index (χ2n) is 8.23. The van der Waals surface area contributed by atoms with E-state index < -0.39 is 0 Å². The molecule has 2 amide bonds. The first-order valence-electron chi connectivity index (χ1n) is 10.4. The van der Waals surface area contributed by atoms with E-state index in [1.54, 1.807) is 0 Å². The van der Waals surface area contributed by atoms with E-state index >= 15 is 0 Å². The Bertz CT molecular complexity index is 1210. The average Bonchev–Trinajstić information content (AvgIpc) is 2.96. The van der Waals surface area contributed by atoms with E-state index in [1.165, 1.54) is 4.90 Å². The molecule has 1 aliphatic heterocycles. The molecular formula is C27H26N2O2. The summed E-state index contributed by atoms with van der Waals surface area (Å²) in [5, 5.41) is 3.24. The molecule has 0 atom stereocenters. The Morgan fingerprint density at radius 2 is 1.48 bits per heavy atom. The quantitative estimate of drug-likeness (QED) is 0.580. The van der Waals surface area contributed by atoms with Crippen LogP contribution in [0.5, 0.6) is 0 Å². The van der Waals surface area contributed by atoms with Gasteiger partial charge in [0.2, 0.25) is 0 Å². The minimum Gasteiger partial charge on any atom is -0.350 e. The minimum atomic E-state index is -0.305. The highest BCUT2D eigenvalue weighted by Crippen LogP contribution is 2.32. The maximum atomic E-state index is 13.5. The van der Waals surface area contributed by atoms with Crippen LogP contribution in [0.3, 0.4) is 0 Å². The summed E-state index contributed by atoms with van der Waals surface area (Å²) in [5.41, 5.74) is 7.64. The molecule has 3 aromatic rings. The van der Waals surface area contributed by atoms with Crippen molar-refractivity contribution in [1.82, 2.24) is 4.90 Å². The smallest absolute Gasteiger partial charge is 0.278 e. The number of hydrogen-bond donors (Lipinski definition) is 1. The highest BCUT2D eigenvalue weighted by molar-refractivity contribution is 6.36. The number of carbonyl (C=O) groups is 2. The second kappa shape index (κ2) is 8.23. The van der Waals surface area contributed by atoms with Crippen molar-refractivity contribution in [2.24, 2.45) is 0 Å². The van der Waals surface area contributed by atoms with E-state index in [4.69, 9.17) is 0 Å². The minimum absolute atomic E-state index is 0.241. The zero-order valence-corrected chi connectivity index (χ0v) is 18.3. The molecule has 0 radical (unpaired) electrons. The summed E-state index contributed by atoms with van der Waals surface area (Å²) in [7, 11) is 0. The molecule has 156 valence electrons. The third kappa shape index (κ3) is 4.15. The number of benzene rings is 3. The van der Waals surface area contributed by atoms with Crippen molar-refractivity contribution in [3.8, 4) is 0 Å². The van der Waals surface area contributed by atoms with Gasteiger partial charge in [-0.05, 0) is 67.6 Å². The number of imide groups is 1. The summed E-state index contributed by atoms with van der Waals surface area (Å²) in [6.45, 7) is 8.29. The van der Waals surface area contributed by atoms with Crippen LogP contribution in [0.15, 0.2) is 72.4 Å². The van der Waals surface area contributed by atoms with Crippen LogP contribution in [-0.2, 0) is 16.1 Å². The van der Waals surface area contributed by atoms with Gasteiger partial charge in [-0.15, -0.1) is 0 Å². The van der Waals surface area contributed by atoms with E-state index in [0.717, 1.165) is 39.1 Å². The highest BCUT2D eigenvalue weighted by atomic mass is 16.2. The Hall–Kier alpha value is -3.66. The van der Waals surface area contributed by atoms with Gasteiger partial charge in [0, 0.05) is 5.69 Å². The Morgan fingerprint density at radius 3 is 2.16 bits per heavy atom. The Morgan fingerprint density at radius 1 is 0.742 bits per heavy atom. The lowest BCUT2D eigenvalue weighted by atomic mass is 9.99. The molecule has 1 N–H and O–H groups in total. The fraction of sp³-hybridized carbons (Fsp3) is 0.185. The van der Waals surface area contributed by atoms with Crippen LogP contribution in [0, 0.1) is 27.7 Å². The number of aryl methyl sites for hydroxylation is 4. The Balaban J connectivity index is 1.76. The van der Waals surface area contributed by atoms with Gasteiger partial charge in [0.1, 0.15) is 5.70 Å². The molecule has 1 heterocycles. The third-order valence-electron chi connectivity index (χ3n) is 5.71. The molecule has 31 heavy (non-hydrogen) atoms. The molecule has 0 aliphatic carbocycles. The standard InChI is InChI=1S/C27H26N2O2/c1-17-8-11-21(12-9-17)16-29-26(30)24(22-13-10-19(3)20(4)15-22)25(27(29)31)28-23-7-5-6-18(2)14-23/h5-15,28H,16H2,1-4H3. The lowest BCUT2D eigenvalue weighted by Gasteiger charge is -2.16. The molecule has 4 heteroatoms. The van der Waals surface area contributed by atoms with Crippen LogP contribution in [0.1, 0.15) is 33.4 Å². The summed E-state index contributed by atoms with van der Waals surface area (Å²) in [4.78, 5) is 28.2. The number of rotatable bonds is 5. The van der Waals surface area contributed by atoms with Crippen LogP contribution in [0.2, 0.25) is 0 Å². The Labute approximate surface area is 183 Å². The largest absolute Gasteiger partial charge is 0.350 e. The second-order valence-corrected chi connectivity index (χ2v) is 8.23. The summed E-state index contributed by atoms with van der Waals surface area (Å²) in [6, 6.07) is 21.6. The van der Waals surface area contributed by atoms with Gasteiger partial charge in [0.05, 0.1) is 12.1 Å². The number of nitrogens with one attached hydrogen (secondary N) is 1. The van der Waals surface area contributed by atoms with E-state index in [0.29, 0.717) is 11.3 Å². The zero-order chi connectivity index (χ0) is 22.1. The molecule has 0 aromatic heterocycles. The Kier molecular flexibility index (Phi) is 5.47. The fourth-order valence-corrected chi connectivity index (χ4v) is 3.74. The van der Waals surface area contributed by atoms with Crippen LogP contribution < -0.4 is 5.32 Å². The fourth-order valence-electron chi connectivity index (χ4n) is 3.74. The first kappa shape index (κ1) is 20.6. The van der Waals surface area contributed by atoms with Crippen molar-refractivity contribution in [2.45, 2.75) is 34.2 Å². The van der Waals surface area contributed by atoms with Gasteiger partial charge in [-0.3, -0.25) is 14.5 Å². The first-order chi connectivity index (χ1) is 14.8. The van der Waals surface area contributed by atoms with Gasteiger partial charge in [-0.1, -0.05) is 60.2 Å². The molecule has 4 nitrogen and oxygen atoms in total. The summed E-state index contributed by atoms with van der Waals surface area (Å²) >= 11 is 0. The molecule has 3 aromatic carbocycles. The van der Waals surface area contributed by atoms with Crippen molar-refractivity contribution < 1.29 is 9.59 Å². The SMILES string of the molecule is Cc1ccc(CN2C(=O)C(Nc3cccc(C)c3)=C(c3ccc(C)c(C)c3)C2=O)cc1. The predicted molar refractivity (Wildman–Crippen MR) is 124 cm³/mol.